The average Bonchev–Trinajstić information content (AvgIpc) is 2.49. The summed E-state index contributed by atoms with van der Waals surface area (Å²) in [6, 6.07) is 13.5. The summed E-state index contributed by atoms with van der Waals surface area (Å²) in [4.78, 5) is 11.8. The number of amides is 1. The van der Waals surface area contributed by atoms with Gasteiger partial charge in [-0.1, -0.05) is 29.8 Å². The normalized spacial score (nSPS) is 10.4. The Balaban J connectivity index is 1.90. The third kappa shape index (κ3) is 4.87. The molecule has 0 saturated carbocycles. The van der Waals surface area contributed by atoms with Crippen LogP contribution < -0.4 is 10.6 Å². The van der Waals surface area contributed by atoms with E-state index in [1.165, 1.54) is 18.2 Å². The van der Waals surface area contributed by atoms with Crippen LogP contribution in [0.1, 0.15) is 5.56 Å². The van der Waals surface area contributed by atoms with Crippen LogP contribution in [0, 0.1) is 0 Å². The molecular formula is C16H13ClN2O2S. The van der Waals surface area contributed by atoms with E-state index in [0.717, 1.165) is 5.56 Å². The van der Waals surface area contributed by atoms with E-state index in [4.69, 9.17) is 23.8 Å². The maximum atomic E-state index is 11.8. The van der Waals surface area contributed by atoms with Crippen molar-refractivity contribution < 1.29 is 9.90 Å². The first kappa shape index (κ1) is 16.0. The van der Waals surface area contributed by atoms with Gasteiger partial charge in [0.15, 0.2) is 5.11 Å². The molecule has 6 heteroatoms. The molecule has 2 rings (SSSR count). The van der Waals surface area contributed by atoms with E-state index in [1.807, 2.05) is 12.1 Å². The van der Waals surface area contributed by atoms with Gasteiger partial charge in [-0.15, -0.1) is 0 Å². The van der Waals surface area contributed by atoms with Crippen LogP contribution in [0.15, 0.2) is 54.6 Å². The predicted octanol–water partition coefficient (Wildman–Crippen LogP) is 3.57. The van der Waals surface area contributed by atoms with E-state index in [9.17, 15) is 9.90 Å². The number of halogens is 1. The van der Waals surface area contributed by atoms with Crippen LogP contribution in [-0.2, 0) is 4.79 Å². The molecule has 1 amide bonds. The van der Waals surface area contributed by atoms with E-state index in [0.29, 0.717) is 10.7 Å². The second-order valence-corrected chi connectivity index (χ2v) is 5.16. The summed E-state index contributed by atoms with van der Waals surface area (Å²) in [6.07, 6.45) is 2.97. The molecule has 3 N–H and O–H groups in total. The molecule has 0 aliphatic carbocycles. The fourth-order valence-corrected chi connectivity index (χ4v) is 2.05. The number of benzene rings is 2. The Hall–Kier alpha value is -2.37. The maximum absolute atomic E-state index is 11.8. The molecule has 112 valence electrons. The molecule has 0 heterocycles. The summed E-state index contributed by atoms with van der Waals surface area (Å²) in [6.45, 7) is 0. The molecule has 0 radical (unpaired) electrons. The van der Waals surface area contributed by atoms with Crippen molar-refractivity contribution in [2.75, 3.05) is 5.32 Å². The number of hydrogen-bond acceptors (Lipinski definition) is 3. The van der Waals surface area contributed by atoms with Gasteiger partial charge in [-0.3, -0.25) is 10.1 Å². The van der Waals surface area contributed by atoms with Gasteiger partial charge in [-0.2, -0.15) is 0 Å². The van der Waals surface area contributed by atoms with Crippen molar-refractivity contribution in [3.8, 4) is 5.75 Å². The Labute approximate surface area is 138 Å². The van der Waals surface area contributed by atoms with Gasteiger partial charge in [0.25, 0.3) is 0 Å². The summed E-state index contributed by atoms with van der Waals surface area (Å²) >= 11 is 11.0. The van der Waals surface area contributed by atoms with Crippen molar-refractivity contribution in [2.45, 2.75) is 0 Å². The van der Waals surface area contributed by atoms with Crippen molar-refractivity contribution in [2.24, 2.45) is 0 Å². The Morgan fingerprint density at radius 3 is 2.50 bits per heavy atom. The van der Waals surface area contributed by atoms with Crippen LogP contribution in [0.4, 0.5) is 5.69 Å². The van der Waals surface area contributed by atoms with E-state index in [-0.39, 0.29) is 16.8 Å². The molecule has 0 aromatic heterocycles. The Bertz CT molecular complexity index is 714. The lowest BCUT2D eigenvalue weighted by Crippen LogP contribution is -2.32. The fourth-order valence-electron chi connectivity index (χ4n) is 1.64. The predicted molar refractivity (Wildman–Crippen MR) is 93.0 cm³/mol. The van der Waals surface area contributed by atoms with Crippen molar-refractivity contribution >= 4 is 46.6 Å². The summed E-state index contributed by atoms with van der Waals surface area (Å²) < 4.78 is 0. The first-order valence-corrected chi connectivity index (χ1v) is 7.17. The topological polar surface area (TPSA) is 61.4 Å². The van der Waals surface area contributed by atoms with E-state index < -0.39 is 0 Å². The quantitative estimate of drug-likeness (QED) is 0.457. The highest BCUT2D eigenvalue weighted by Gasteiger charge is 2.02. The average molecular weight is 333 g/mol. The molecule has 0 aliphatic rings. The van der Waals surface area contributed by atoms with Crippen molar-refractivity contribution in [3.63, 3.8) is 0 Å². The van der Waals surface area contributed by atoms with Crippen LogP contribution in [0.5, 0.6) is 5.75 Å². The minimum atomic E-state index is -0.365. The third-order valence-electron chi connectivity index (χ3n) is 2.68. The monoisotopic (exact) mass is 332 g/mol. The molecule has 0 spiro atoms. The zero-order valence-electron chi connectivity index (χ0n) is 11.4. The van der Waals surface area contributed by atoms with E-state index in [2.05, 4.69) is 10.6 Å². The van der Waals surface area contributed by atoms with Crippen LogP contribution in [0.25, 0.3) is 6.08 Å². The number of hydrogen-bond donors (Lipinski definition) is 3. The molecule has 0 aliphatic heterocycles. The van der Waals surface area contributed by atoms with Gasteiger partial charge < -0.3 is 10.4 Å². The van der Waals surface area contributed by atoms with Crippen LogP contribution in [0.2, 0.25) is 5.02 Å². The second-order valence-electron chi connectivity index (χ2n) is 4.35. The molecule has 2 aromatic rings. The zero-order valence-corrected chi connectivity index (χ0v) is 13.0. The van der Waals surface area contributed by atoms with E-state index in [1.54, 1.807) is 30.3 Å². The molecule has 0 saturated heterocycles. The number of aromatic hydroxyl groups is 1. The fraction of sp³-hybridized carbons (Fsp3) is 0. The Morgan fingerprint density at radius 2 is 1.82 bits per heavy atom. The SMILES string of the molecule is O=C(/C=C/c1ccccc1Cl)NC(=S)Nc1ccc(O)cc1. The van der Waals surface area contributed by atoms with Gasteiger partial charge in [-0.25, -0.2) is 0 Å². The summed E-state index contributed by atoms with van der Waals surface area (Å²) in [5.74, 6) is -0.209. The number of anilines is 1. The van der Waals surface area contributed by atoms with Gasteiger partial charge in [0.05, 0.1) is 0 Å². The molecule has 4 nitrogen and oxygen atoms in total. The highest BCUT2D eigenvalue weighted by molar-refractivity contribution is 7.80. The lowest BCUT2D eigenvalue weighted by molar-refractivity contribution is -0.115. The van der Waals surface area contributed by atoms with Crippen LogP contribution in [-0.4, -0.2) is 16.1 Å². The second kappa shape index (κ2) is 7.59. The highest BCUT2D eigenvalue weighted by atomic mass is 35.5. The van der Waals surface area contributed by atoms with Gasteiger partial charge in [-0.05, 0) is 54.2 Å². The van der Waals surface area contributed by atoms with Gasteiger partial charge in [0, 0.05) is 16.8 Å². The molecule has 0 atom stereocenters. The van der Waals surface area contributed by atoms with Crippen molar-refractivity contribution in [3.05, 3.63) is 65.2 Å². The summed E-state index contributed by atoms with van der Waals surface area (Å²) in [5, 5.41) is 15.3. The molecule has 0 unspecified atom stereocenters. The number of thiocarbonyl (C=S) groups is 1. The van der Waals surface area contributed by atoms with E-state index >= 15 is 0 Å². The standard InChI is InChI=1S/C16H13ClN2O2S/c17-14-4-2-1-3-11(14)5-10-15(21)19-16(22)18-12-6-8-13(20)9-7-12/h1-10,20H,(H2,18,19,21,22)/b10-5+. The minimum Gasteiger partial charge on any atom is -0.508 e. The number of carbonyl (C=O) groups excluding carboxylic acids is 1. The van der Waals surface area contributed by atoms with Gasteiger partial charge in [0.1, 0.15) is 5.75 Å². The summed E-state index contributed by atoms with van der Waals surface area (Å²) in [5.41, 5.74) is 1.41. The minimum absolute atomic E-state index is 0.156. The number of rotatable bonds is 3. The molecular weight excluding hydrogens is 320 g/mol. The third-order valence-corrected chi connectivity index (χ3v) is 3.23. The van der Waals surface area contributed by atoms with Crippen LogP contribution in [0.3, 0.4) is 0 Å². The first-order valence-electron chi connectivity index (χ1n) is 6.38. The Kier molecular flexibility index (Phi) is 5.52. The highest BCUT2D eigenvalue weighted by Crippen LogP contribution is 2.16. The lowest BCUT2D eigenvalue weighted by atomic mass is 10.2. The molecule has 0 fully saturated rings. The largest absolute Gasteiger partial charge is 0.508 e. The number of nitrogens with one attached hydrogen (secondary N) is 2. The number of carbonyl (C=O) groups is 1. The smallest absolute Gasteiger partial charge is 0.250 e. The summed E-state index contributed by atoms with van der Waals surface area (Å²) in [7, 11) is 0. The maximum Gasteiger partial charge on any atom is 0.250 e. The van der Waals surface area contributed by atoms with Crippen molar-refractivity contribution in [1.29, 1.82) is 0 Å². The molecule has 2 aromatic carbocycles. The first-order chi connectivity index (χ1) is 10.5. The van der Waals surface area contributed by atoms with Gasteiger partial charge in [0.2, 0.25) is 5.91 Å². The van der Waals surface area contributed by atoms with Crippen molar-refractivity contribution in [1.82, 2.24) is 5.32 Å². The van der Waals surface area contributed by atoms with Gasteiger partial charge >= 0.3 is 0 Å². The van der Waals surface area contributed by atoms with Crippen LogP contribution >= 0.6 is 23.8 Å². The number of phenols is 1. The Morgan fingerprint density at radius 1 is 1.14 bits per heavy atom. The molecule has 22 heavy (non-hydrogen) atoms. The lowest BCUT2D eigenvalue weighted by Gasteiger charge is -2.08. The molecule has 0 bridgehead atoms. The number of phenolic OH excluding ortho intramolecular Hbond substituents is 1. The zero-order chi connectivity index (χ0) is 15.9.